The molecular formula is C3H2BF3NS-. The van der Waals surface area contributed by atoms with Crippen molar-refractivity contribution >= 4 is 23.9 Å². The Morgan fingerprint density at radius 3 is 2.33 bits per heavy atom. The van der Waals surface area contributed by atoms with Gasteiger partial charge in [-0.2, -0.15) is 0 Å². The fourth-order valence-corrected chi connectivity index (χ4v) is 0.982. The van der Waals surface area contributed by atoms with Crippen molar-refractivity contribution in [3.8, 4) is 0 Å². The van der Waals surface area contributed by atoms with E-state index < -0.39 is 12.6 Å². The summed E-state index contributed by atoms with van der Waals surface area (Å²) in [5, 5.41) is 1.00. The number of rotatable bonds is 1. The third kappa shape index (κ3) is 1.44. The van der Waals surface area contributed by atoms with Gasteiger partial charge in [-0.15, -0.1) is 11.3 Å². The molecule has 0 N–H and O–H groups in total. The largest absolute Gasteiger partial charge is 0.528 e. The first kappa shape index (κ1) is 6.60. The van der Waals surface area contributed by atoms with Gasteiger partial charge in [-0.25, -0.2) is 0 Å². The number of hydrogen-bond donors (Lipinski definition) is 0. The van der Waals surface area contributed by atoms with Gasteiger partial charge in [-0.05, 0) is 11.0 Å². The second-order valence-corrected chi connectivity index (χ2v) is 2.21. The monoisotopic (exact) mass is 152 g/mol. The molecule has 0 aromatic carbocycles. The highest BCUT2D eigenvalue weighted by Crippen LogP contribution is 2.07. The Bertz CT molecular complexity index is 181. The Kier molecular flexibility index (Phi) is 1.48. The van der Waals surface area contributed by atoms with Crippen LogP contribution in [0.5, 0.6) is 0 Å². The minimum absolute atomic E-state index is 0.750. The standard InChI is InChI=1S/C3H2BF3NS/c5-4(6,7)3-1-9-2-8-3/h1-2H/q-1. The number of thiazole rings is 1. The quantitative estimate of drug-likeness (QED) is 0.550. The molecule has 0 radical (unpaired) electrons. The van der Waals surface area contributed by atoms with E-state index in [-0.39, 0.29) is 0 Å². The molecule has 0 amide bonds. The van der Waals surface area contributed by atoms with Gasteiger partial charge in [-0.1, -0.05) is 0 Å². The molecule has 0 fully saturated rings. The minimum Gasteiger partial charge on any atom is -0.444 e. The van der Waals surface area contributed by atoms with Gasteiger partial charge in [0.25, 0.3) is 0 Å². The fourth-order valence-electron chi connectivity index (χ4n) is 0.384. The summed E-state index contributed by atoms with van der Waals surface area (Å²) >= 11 is 0.951. The molecule has 0 bridgehead atoms. The molecule has 1 aromatic heterocycles. The van der Waals surface area contributed by atoms with Crippen molar-refractivity contribution in [3.05, 3.63) is 10.9 Å². The second-order valence-electron chi connectivity index (χ2n) is 1.49. The van der Waals surface area contributed by atoms with E-state index >= 15 is 0 Å². The van der Waals surface area contributed by atoms with Crippen molar-refractivity contribution in [2.75, 3.05) is 0 Å². The lowest BCUT2D eigenvalue weighted by Crippen LogP contribution is -2.34. The lowest BCUT2D eigenvalue weighted by atomic mass is 9.88. The molecule has 50 valence electrons. The highest BCUT2D eigenvalue weighted by Gasteiger charge is 2.27. The number of hydrogen-bond acceptors (Lipinski definition) is 2. The smallest absolute Gasteiger partial charge is 0.444 e. The molecule has 0 spiro atoms. The van der Waals surface area contributed by atoms with E-state index in [0.717, 1.165) is 16.7 Å². The van der Waals surface area contributed by atoms with Crippen molar-refractivity contribution in [2.24, 2.45) is 0 Å². The van der Waals surface area contributed by atoms with E-state index in [1.54, 1.807) is 0 Å². The van der Waals surface area contributed by atoms with Gasteiger partial charge in [0, 0.05) is 0 Å². The molecule has 1 heterocycles. The SMILES string of the molecule is F[B-](F)(F)c1cscn1. The van der Waals surface area contributed by atoms with E-state index in [4.69, 9.17) is 0 Å². The fraction of sp³-hybridized carbons (Fsp3) is 0. The molecule has 1 rings (SSSR count). The van der Waals surface area contributed by atoms with E-state index in [1.807, 2.05) is 0 Å². The number of halogens is 3. The van der Waals surface area contributed by atoms with Crippen molar-refractivity contribution in [2.45, 2.75) is 0 Å². The van der Waals surface area contributed by atoms with Crippen LogP contribution >= 0.6 is 11.3 Å². The molecule has 6 heteroatoms. The van der Waals surface area contributed by atoms with Gasteiger partial charge < -0.3 is 12.9 Å². The van der Waals surface area contributed by atoms with Gasteiger partial charge in [0.1, 0.15) is 0 Å². The van der Waals surface area contributed by atoms with Crippen LogP contribution in [-0.2, 0) is 0 Å². The number of nitrogens with zero attached hydrogens (tertiary/aromatic N) is 1. The van der Waals surface area contributed by atoms with Gasteiger partial charge in [-0.3, -0.25) is 4.98 Å². The first-order valence-corrected chi connectivity index (χ1v) is 3.13. The average molecular weight is 152 g/mol. The third-order valence-corrected chi connectivity index (χ3v) is 1.39. The van der Waals surface area contributed by atoms with Gasteiger partial charge >= 0.3 is 6.98 Å². The predicted octanol–water partition coefficient (Wildman–Crippen LogP) is 1.20. The predicted molar refractivity (Wildman–Crippen MR) is 30.8 cm³/mol. The Labute approximate surface area is 53.6 Å². The van der Waals surface area contributed by atoms with Crippen LogP contribution in [0.15, 0.2) is 10.9 Å². The van der Waals surface area contributed by atoms with Gasteiger partial charge in [0.05, 0.1) is 5.51 Å². The third-order valence-electron chi connectivity index (χ3n) is 0.787. The van der Waals surface area contributed by atoms with E-state index in [0.29, 0.717) is 0 Å². The maximum atomic E-state index is 11.6. The summed E-state index contributed by atoms with van der Waals surface area (Å²) in [6.07, 6.45) is 0. The molecule has 0 saturated carbocycles. The molecule has 0 saturated heterocycles. The van der Waals surface area contributed by atoms with E-state index in [9.17, 15) is 12.9 Å². The van der Waals surface area contributed by atoms with Crippen molar-refractivity contribution in [3.63, 3.8) is 0 Å². The topological polar surface area (TPSA) is 12.9 Å². The Morgan fingerprint density at radius 2 is 2.11 bits per heavy atom. The molecule has 0 aliphatic carbocycles. The Hall–Kier alpha value is -0.515. The van der Waals surface area contributed by atoms with Crippen LogP contribution in [0, 0.1) is 0 Å². The molecule has 1 aromatic rings. The summed E-state index contributed by atoms with van der Waals surface area (Å²) in [6, 6.07) is 0. The Morgan fingerprint density at radius 1 is 1.44 bits per heavy atom. The molecule has 9 heavy (non-hydrogen) atoms. The zero-order valence-electron chi connectivity index (χ0n) is 4.22. The van der Waals surface area contributed by atoms with E-state index in [2.05, 4.69) is 4.98 Å². The number of aromatic nitrogens is 1. The van der Waals surface area contributed by atoms with Gasteiger partial charge in [0.2, 0.25) is 0 Å². The van der Waals surface area contributed by atoms with Crippen LogP contribution < -0.4 is 5.59 Å². The van der Waals surface area contributed by atoms with Crippen LogP contribution in [0.2, 0.25) is 0 Å². The van der Waals surface area contributed by atoms with Crippen molar-refractivity contribution < 1.29 is 12.9 Å². The van der Waals surface area contributed by atoms with Crippen LogP contribution in [0.4, 0.5) is 12.9 Å². The second kappa shape index (κ2) is 2.02. The first-order chi connectivity index (χ1) is 4.11. The highest BCUT2D eigenvalue weighted by atomic mass is 32.1. The van der Waals surface area contributed by atoms with Crippen molar-refractivity contribution in [1.29, 1.82) is 0 Å². The molecule has 0 aliphatic heterocycles. The van der Waals surface area contributed by atoms with Crippen LogP contribution in [0.25, 0.3) is 0 Å². The molecule has 1 nitrogen and oxygen atoms in total. The molecule has 0 unspecified atom stereocenters. The maximum absolute atomic E-state index is 11.6. The normalized spacial score (nSPS) is 11.9. The van der Waals surface area contributed by atoms with Crippen LogP contribution in [0.3, 0.4) is 0 Å². The minimum atomic E-state index is -4.86. The zero-order valence-corrected chi connectivity index (χ0v) is 5.04. The summed E-state index contributed by atoms with van der Waals surface area (Å²) in [5.74, 6) is 0. The lowest BCUT2D eigenvalue weighted by molar-refractivity contribution is 0.499. The van der Waals surface area contributed by atoms with E-state index in [1.165, 1.54) is 5.51 Å². The Balaban J connectivity index is 2.90. The summed E-state index contributed by atoms with van der Waals surface area (Å²) in [6.45, 7) is -4.86. The molecule has 0 atom stereocenters. The average Bonchev–Trinajstić information content (AvgIpc) is 2.08. The van der Waals surface area contributed by atoms with Crippen LogP contribution in [-0.4, -0.2) is 12.0 Å². The highest BCUT2D eigenvalue weighted by molar-refractivity contribution is 7.09. The lowest BCUT2D eigenvalue weighted by Gasteiger charge is -2.08. The summed E-state index contributed by atoms with van der Waals surface area (Å²) < 4.78 is 34.9. The molecule has 0 aliphatic rings. The van der Waals surface area contributed by atoms with Crippen molar-refractivity contribution in [1.82, 2.24) is 4.98 Å². The first-order valence-electron chi connectivity index (χ1n) is 2.19. The van der Waals surface area contributed by atoms with Crippen LogP contribution in [0.1, 0.15) is 0 Å². The molecular weight excluding hydrogens is 150 g/mol. The summed E-state index contributed by atoms with van der Waals surface area (Å²) in [4.78, 5) is 3.11. The summed E-state index contributed by atoms with van der Waals surface area (Å²) in [7, 11) is 0. The van der Waals surface area contributed by atoms with Gasteiger partial charge in [0.15, 0.2) is 0 Å². The maximum Gasteiger partial charge on any atom is 0.528 e. The zero-order chi connectivity index (χ0) is 6.91. The summed E-state index contributed by atoms with van der Waals surface area (Å²) in [5.41, 5.74) is 0.421.